The lowest BCUT2D eigenvalue weighted by Crippen LogP contribution is -2.60. The largest absolute Gasteiger partial charge is 0.459 e. The lowest BCUT2D eigenvalue weighted by Gasteiger charge is -2.48. The van der Waals surface area contributed by atoms with Crippen molar-refractivity contribution in [1.82, 2.24) is 9.80 Å². The maximum absolute atomic E-state index is 14.2. The fourth-order valence-corrected chi connectivity index (χ4v) is 8.74. The molecule has 0 amide bonds. The minimum absolute atomic E-state index is 0.133. The molecule has 0 spiro atoms. The van der Waals surface area contributed by atoms with E-state index in [1.807, 2.05) is 51.7 Å². The van der Waals surface area contributed by atoms with Crippen molar-refractivity contribution in [2.75, 3.05) is 34.8 Å². The summed E-state index contributed by atoms with van der Waals surface area (Å²) in [5.41, 5.74) is -4.37. The highest BCUT2D eigenvalue weighted by atomic mass is 16.7. The Hall–Kier alpha value is -1.01. The second-order valence-corrected chi connectivity index (χ2v) is 17.2. The van der Waals surface area contributed by atoms with Crippen molar-refractivity contribution in [2.24, 2.45) is 17.8 Å². The van der Waals surface area contributed by atoms with Gasteiger partial charge in [-0.3, -0.25) is 4.79 Å². The number of hydrogen-bond donors (Lipinski definition) is 5. The summed E-state index contributed by atoms with van der Waals surface area (Å²) in [6.07, 6.45) is -8.19. The fraction of sp³-hybridized carbons (Fsp3) is 0.974. The molecule has 3 aliphatic heterocycles. The van der Waals surface area contributed by atoms with Crippen molar-refractivity contribution < 1.29 is 58.7 Å². The van der Waals surface area contributed by atoms with Gasteiger partial charge in [0.05, 0.1) is 41.5 Å². The molecule has 14 heteroatoms. The Balaban J connectivity index is 2.17. The van der Waals surface area contributed by atoms with Crippen molar-refractivity contribution in [2.45, 2.75) is 185 Å². The standard InChI is InChI=1S/C38H72N2O12/c1-15-27-38(10,46)31(42)24(6)40(13)19-20(2)17-36(8,45)33(52-35-29(41)26(39(11)12)16-21(3)48-35)22(4)30(23(5)34(44)50-27)51-28-18-37(9,47-14)32(43)25(7)49-28/h20-33,35,41-43,45-46H,15-19H2,1-14H3/t20-,21-,22+,23-,24+,25+,26+,27+,28+,29-,30+,31-,32+,33-,35+,36?,37-,38-/m1/s1. The van der Waals surface area contributed by atoms with Crippen LogP contribution in [0.2, 0.25) is 0 Å². The van der Waals surface area contributed by atoms with Gasteiger partial charge in [-0.2, -0.15) is 0 Å². The van der Waals surface area contributed by atoms with Crippen LogP contribution in [0, 0.1) is 17.8 Å². The van der Waals surface area contributed by atoms with Crippen LogP contribution >= 0.6 is 0 Å². The van der Waals surface area contributed by atoms with Crippen LogP contribution in [0.15, 0.2) is 0 Å². The molecule has 18 atom stereocenters. The average molecular weight is 749 g/mol. The molecule has 0 bridgehead atoms. The van der Waals surface area contributed by atoms with Gasteiger partial charge in [0.15, 0.2) is 12.6 Å². The van der Waals surface area contributed by atoms with E-state index in [-0.39, 0.29) is 37.3 Å². The van der Waals surface area contributed by atoms with Crippen LogP contribution in [0.3, 0.4) is 0 Å². The van der Waals surface area contributed by atoms with Gasteiger partial charge in [0, 0.05) is 38.1 Å². The highest BCUT2D eigenvalue weighted by Crippen LogP contribution is 2.40. The molecule has 3 fully saturated rings. The SMILES string of the molecule is CC[C@@H]1OC(=O)[C@H](C)[C@@H](O[C@H]2C[C@@](C)(OC)[C@@H](O)[C@H](C)O2)[C@H](C)[C@@H](O[C@@H]2O[C@H](C)C[C@H](N(C)C)[C@H]2O)C(C)(O)C[C@@H](C)CN(C)[C@@H](C)[C@@H](O)[C@]1(C)O. The third kappa shape index (κ3) is 10.0. The van der Waals surface area contributed by atoms with E-state index in [2.05, 4.69) is 0 Å². The number of methoxy groups -OCH3 is 1. The predicted molar refractivity (Wildman–Crippen MR) is 194 cm³/mol. The summed E-state index contributed by atoms with van der Waals surface area (Å²) >= 11 is 0. The number of likely N-dealkylation sites (N-methyl/N-ethyl adjacent to an activating group) is 2. The number of carbonyl (C=O) groups is 1. The first-order chi connectivity index (χ1) is 23.9. The van der Waals surface area contributed by atoms with Gasteiger partial charge in [0.25, 0.3) is 0 Å². The highest BCUT2D eigenvalue weighted by Gasteiger charge is 2.52. The third-order valence-corrected chi connectivity index (χ3v) is 12.2. The van der Waals surface area contributed by atoms with E-state index in [1.165, 1.54) is 14.0 Å². The molecular weight excluding hydrogens is 676 g/mol. The van der Waals surface area contributed by atoms with E-state index in [4.69, 9.17) is 28.4 Å². The number of esters is 1. The molecule has 0 radical (unpaired) electrons. The number of carbonyl (C=O) groups excluding carboxylic acids is 1. The Kier molecular flexibility index (Phi) is 15.6. The molecule has 3 heterocycles. The molecule has 1 unspecified atom stereocenters. The van der Waals surface area contributed by atoms with Gasteiger partial charge in [-0.1, -0.05) is 20.8 Å². The van der Waals surface area contributed by atoms with Gasteiger partial charge < -0.3 is 63.8 Å². The quantitative estimate of drug-likeness (QED) is 0.238. The topological polar surface area (TPSA) is 180 Å². The summed E-state index contributed by atoms with van der Waals surface area (Å²) in [5, 5.41) is 58.1. The van der Waals surface area contributed by atoms with E-state index in [0.717, 1.165) is 0 Å². The number of aliphatic hydroxyl groups is 5. The van der Waals surface area contributed by atoms with Crippen LogP contribution in [-0.2, 0) is 33.2 Å². The Morgan fingerprint density at radius 1 is 0.942 bits per heavy atom. The summed E-state index contributed by atoms with van der Waals surface area (Å²) in [6, 6.07) is -0.808. The van der Waals surface area contributed by atoms with Crippen LogP contribution in [0.1, 0.15) is 94.9 Å². The van der Waals surface area contributed by atoms with E-state index in [1.54, 1.807) is 41.5 Å². The minimum Gasteiger partial charge on any atom is -0.459 e. The van der Waals surface area contributed by atoms with Crippen molar-refractivity contribution in [1.29, 1.82) is 0 Å². The summed E-state index contributed by atoms with van der Waals surface area (Å²) in [5.74, 6) is -2.58. The number of cyclic esters (lactones) is 1. The molecule has 52 heavy (non-hydrogen) atoms. The first-order valence-corrected chi connectivity index (χ1v) is 19.1. The number of aliphatic hydroxyl groups excluding tert-OH is 3. The molecule has 0 aromatic rings. The first-order valence-electron chi connectivity index (χ1n) is 19.1. The second-order valence-electron chi connectivity index (χ2n) is 17.2. The lowest BCUT2D eigenvalue weighted by molar-refractivity contribution is -0.318. The number of hydrogen-bond acceptors (Lipinski definition) is 14. The minimum atomic E-state index is -1.80. The predicted octanol–water partition coefficient (Wildman–Crippen LogP) is 1.90. The molecule has 306 valence electrons. The average Bonchev–Trinajstić information content (AvgIpc) is 3.05. The van der Waals surface area contributed by atoms with Gasteiger partial charge in [-0.15, -0.1) is 0 Å². The Morgan fingerprint density at radius 2 is 1.56 bits per heavy atom. The first kappa shape index (κ1) is 45.4. The zero-order valence-corrected chi connectivity index (χ0v) is 34.2. The zero-order valence-electron chi connectivity index (χ0n) is 34.2. The third-order valence-electron chi connectivity index (χ3n) is 12.2. The summed E-state index contributed by atoms with van der Waals surface area (Å²) in [4.78, 5) is 18.0. The fourth-order valence-electron chi connectivity index (χ4n) is 8.74. The van der Waals surface area contributed by atoms with Crippen LogP contribution in [0.4, 0.5) is 0 Å². The number of rotatable bonds is 7. The summed E-state index contributed by atoms with van der Waals surface area (Å²) in [6.45, 7) is 18.0. The second kappa shape index (κ2) is 17.8. The molecule has 0 aliphatic carbocycles. The smallest absolute Gasteiger partial charge is 0.311 e. The molecule has 3 aliphatic rings. The zero-order chi connectivity index (χ0) is 39.7. The van der Waals surface area contributed by atoms with Gasteiger partial charge in [0.2, 0.25) is 0 Å². The maximum atomic E-state index is 14.2. The molecule has 14 nitrogen and oxygen atoms in total. The van der Waals surface area contributed by atoms with Crippen molar-refractivity contribution >= 4 is 5.97 Å². The van der Waals surface area contributed by atoms with Gasteiger partial charge in [0.1, 0.15) is 30.0 Å². The normalized spacial score (nSPS) is 49.6. The number of nitrogens with zero attached hydrogens (tertiary/aromatic N) is 2. The van der Waals surface area contributed by atoms with Crippen molar-refractivity contribution in [3.8, 4) is 0 Å². The van der Waals surface area contributed by atoms with Gasteiger partial charge in [-0.25, -0.2) is 0 Å². The molecule has 0 saturated carbocycles. The maximum Gasteiger partial charge on any atom is 0.311 e. The summed E-state index contributed by atoms with van der Waals surface area (Å²) < 4.78 is 37.5. The van der Waals surface area contributed by atoms with E-state index in [9.17, 15) is 30.3 Å². The Labute approximate surface area is 312 Å². The van der Waals surface area contributed by atoms with Gasteiger partial charge in [-0.05, 0) is 94.8 Å². The van der Waals surface area contributed by atoms with E-state index >= 15 is 0 Å². The van der Waals surface area contributed by atoms with Crippen molar-refractivity contribution in [3.63, 3.8) is 0 Å². The van der Waals surface area contributed by atoms with Gasteiger partial charge >= 0.3 is 5.97 Å². The van der Waals surface area contributed by atoms with E-state index < -0.39 is 96.0 Å². The molecule has 0 aromatic carbocycles. The molecular formula is C38H72N2O12. The monoisotopic (exact) mass is 749 g/mol. The summed E-state index contributed by atoms with van der Waals surface area (Å²) in [7, 11) is 7.12. The van der Waals surface area contributed by atoms with Crippen molar-refractivity contribution in [3.05, 3.63) is 0 Å². The molecule has 3 saturated heterocycles. The van der Waals surface area contributed by atoms with Crippen LogP contribution in [-0.4, -0.2) is 166 Å². The molecule has 0 aromatic heterocycles. The molecule has 5 N–H and O–H groups in total. The molecule has 3 rings (SSSR count). The van der Waals surface area contributed by atoms with Crippen LogP contribution in [0.25, 0.3) is 0 Å². The Morgan fingerprint density at radius 3 is 2.12 bits per heavy atom. The lowest BCUT2D eigenvalue weighted by atomic mass is 9.77. The Bertz CT molecular complexity index is 1140. The number of ether oxygens (including phenoxy) is 6. The van der Waals surface area contributed by atoms with Crippen LogP contribution in [0.5, 0.6) is 0 Å². The van der Waals surface area contributed by atoms with E-state index in [0.29, 0.717) is 13.0 Å². The highest BCUT2D eigenvalue weighted by molar-refractivity contribution is 5.73. The van der Waals surface area contributed by atoms with Crippen LogP contribution < -0.4 is 0 Å².